The maximum absolute atomic E-state index is 12.7. The zero-order valence-corrected chi connectivity index (χ0v) is 16.8. The van der Waals surface area contributed by atoms with Gasteiger partial charge >= 0.3 is 0 Å². The number of rotatable bonds is 3. The summed E-state index contributed by atoms with van der Waals surface area (Å²) in [6.07, 6.45) is 7.04. The van der Waals surface area contributed by atoms with E-state index in [1.165, 1.54) is 12.7 Å². The third-order valence-electron chi connectivity index (χ3n) is 6.48. The predicted molar refractivity (Wildman–Crippen MR) is 98.0 cm³/mol. The van der Waals surface area contributed by atoms with Gasteiger partial charge in [-0.2, -0.15) is 0 Å². The van der Waals surface area contributed by atoms with Crippen LogP contribution in [0, 0.1) is 11.8 Å². The molecule has 4 bridgehead atoms. The molecule has 5 rings (SSSR count). The summed E-state index contributed by atoms with van der Waals surface area (Å²) in [6, 6.07) is 7.25. The van der Waals surface area contributed by atoms with Gasteiger partial charge in [0.1, 0.15) is 0 Å². The van der Waals surface area contributed by atoms with Crippen molar-refractivity contribution in [3.05, 3.63) is 29.8 Å². The van der Waals surface area contributed by atoms with Crippen LogP contribution in [0.2, 0.25) is 0 Å². The SMILES string of the molecule is CS(=O)(=O)c1ccc(C23C[C@H]4C[C@@H](C2)CC(P(=O)(Cl)Cl)(C4)C3)cc1. The van der Waals surface area contributed by atoms with Gasteiger partial charge in [0.25, 0.3) is 5.85 Å². The summed E-state index contributed by atoms with van der Waals surface area (Å²) in [5.41, 5.74) is 1.09. The summed E-state index contributed by atoms with van der Waals surface area (Å²) in [6.45, 7) is 0. The van der Waals surface area contributed by atoms with Crippen LogP contribution in [0.1, 0.15) is 44.1 Å². The Morgan fingerprint density at radius 2 is 1.58 bits per heavy atom. The van der Waals surface area contributed by atoms with E-state index in [-0.39, 0.29) is 5.41 Å². The highest BCUT2D eigenvalue weighted by molar-refractivity contribution is 8.09. The van der Waals surface area contributed by atoms with E-state index >= 15 is 0 Å². The molecule has 132 valence electrons. The van der Waals surface area contributed by atoms with Crippen molar-refractivity contribution in [3.63, 3.8) is 0 Å². The van der Waals surface area contributed by atoms with Crippen molar-refractivity contribution in [3.8, 4) is 0 Å². The molecule has 0 aliphatic heterocycles. The Balaban J connectivity index is 1.76. The Morgan fingerprint density at radius 3 is 2.04 bits per heavy atom. The maximum Gasteiger partial charge on any atom is 0.259 e. The molecule has 0 aromatic heterocycles. The second-order valence-corrected chi connectivity index (χ2v) is 15.5. The van der Waals surface area contributed by atoms with Crippen LogP contribution >= 0.6 is 28.3 Å². The quantitative estimate of drug-likeness (QED) is 0.635. The predicted octanol–water partition coefficient (Wildman–Crippen LogP) is 5.35. The summed E-state index contributed by atoms with van der Waals surface area (Å²) < 4.78 is 36.1. The van der Waals surface area contributed by atoms with Crippen LogP contribution < -0.4 is 0 Å². The normalized spacial score (nSPS) is 38.5. The number of hydrogen-bond donors (Lipinski definition) is 0. The topological polar surface area (TPSA) is 51.2 Å². The second-order valence-electron chi connectivity index (χ2n) is 8.22. The number of hydrogen-bond acceptors (Lipinski definition) is 3. The fourth-order valence-electron chi connectivity index (χ4n) is 5.91. The van der Waals surface area contributed by atoms with E-state index in [9.17, 15) is 13.0 Å². The molecule has 4 atom stereocenters. The number of sulfone groups is 1. The average Bonchev–Trinajstić information content (AvgIpc) is 2.44. The minimum Gasteiger partial charge on any atom is -0.289 e. The van der Waals surface area contributed by atoms with Crippen molar-refractivity contribution in [2.75, 3.05) is 6.26 Å². The summed E-state index contributed by atoms with van der Waals surface area (Å²) in [5, 5.41) is -0.449. The lowest BCUT2D eigenvalue weighted by Crippen LogP contribution is -2.56. The van der Waals surface area contributed by atoms with E-state index in [1.807, 2.05) is 12.1 Å². The van der Waals surface area contributed by atoms with Gasteiger partial charge in [-0.05, 0) is 96.0 Å². The summed E-state index contributed by atoms with van der Waals surface area (Å²) in [4.78, 5) is 0.339. The van der Waals surface area contributed by atoms with E-state index in [0.717, 1.165) is 37.7 Å². The van der Waals surface area contributed by atoms with Gasteiger partial charge in [-0.15, -0.1) is 0 Å². The first-order valence-electron chi connectivity index (χ1n) is 8.33. The molecule has 4 aliphatic carbocycles. The molecular weight excluding hydrogens is 386 g/mol. The molecule has 3 nitrogen and oxygen atoms in total. The van der Waals surface area contributed by atoms with E-state index in [0.29, 0.717) is 16.7 Å². The number of benzene rings is 1. The highest BCUT2D eigenvalue weighted by Crippen LogP contribution is 2.79. The molecule has 0 amide bonds. The van der Waals surface area contributed by atoms with Gasteiger partial charge in [0.2, 0.25) is 0 Å². The molecule has 0 radical (unpaired) electrons. The van der Waals surface area contributed by atoms with Crippen LogP contribution in [0.3, 0.4) is 0 Å². The van der Waals surface area contributed by atoms with E-state index < -0.39 is 20.8 Å². The standard InChI is InChI=1S/C17H21Cl2O3PS/c1-24(21,22)15-4-2-14(3-5-15)16-7-12-6-13(8-16)10-17(9-12,11-16)23(18,19)20/h2-5,12-13H,6-11H2,1H3/t12-,13+,16?,17?. The van der Waals surface area contributed by atoms with Gasteiger partial charge in [0.05, 0.1) is 10.1 Å². The van der Waals surface area contributed by atoms with Gasteiger partial charge in [-0.25, -0.2) is 8.42 Å². The van der Waals surface area contributed by atoms with Crippen LogP contribution in [0.25, 0.3) is 0 Å². The van der Waals surface area contributed by atoms with Gasteiger partial charge in [0.15, 0.2) is 9.84 Å². The van der Waals surface area contributed by atoms with Crippen LogP contribution in [-0.4, -0.2) is 19.8 Å². The molecule has 4 fully saturated rings. The molecule has 24 heavy (non-hydrogen) atoms. The van der Waals surface area contributed by atoms with Crippen molar-refractivity contribution in [2.24, 2.45) is 11.8 Å². The summed E-state index contributed by atoms with van der Waals surface area (Å²) in [5.74, 6) is -2.18. The molecule has 0 spiro atoms. The van der Waals surface area contributed by atoms with Crippen molar-refractivity contribution in [1.29, 1.82) is 0 Å². The molecule has 0 N–H and O–H groups in total. The molecular formula is C17H21Cl2O3PS. The van der Waals surface area contributed by atoms with Gasteiger partial charge in [-0.3, -0.25) is 4.57 Å². The summed E-state index contributed by atoms with van der Waals surface area (Å²) >= 11 is 12.5. The van der Waals surface area contributed by atoms with Crippen LogP contribution in [0.15, 0.2) is 29.2 Å². The smallest absolute Gasteiger partial charge is 0.259 e. The highest BCUT2D eigenvalue weighted by atomic mass is 35.9. The number of halogens is 2. The van der Waals surface area contributed by atoms with Crippen molar-refractivity contribution in [1.82, 2.24) is 0 Å². The average molecular weight is 407 g/mol. The molecule has 2 unspecified atom stereocenters. The van der Waals surface area contributed by atoms with E-state index in [4.69, 9.17) is 22.5 Å². The molecule has 7 heteroatoms. The lowest BCUT2D eigenvalue weighted by atomic mass is 9.47. The maximum atomic E-state index is 12.7. The zero-order chi connectivity index (χ0) is 17.4. The molecule has 0 heterocycles. The molecule has 4 aliphatic rings. The van der Waals surface area contributed by atoms with Crippen molar-refractivity contribution < 1.29 is 13.0 Å². The third kappa shape index (κ3) is 2.60. The minimum atomic E-state index is -3.22. The largest absolute Gasteiger partial charge is 0.289 e. The van der Waals surface area contributed by atoms with Gasteiger partial charge in [0, 0.05) is 6.26 Å². The summed E-state index contributed by atoms with van der Waals surface area (Å²) in [7, 11) is -3.20. The fraction of sp³-hybridized carbons (Fsp3) is 0.647. The van der Waals surface area contributed by atoms with E-state index in [1.54, 1.807) is 12.1 Å². The first-order chi connectivity index (χ1) is 11.0. The molecule has 0 saturated heterocycles. The Kier molecular flexibility index (Phi) is 3.81. The molecule has 1 aromatic rings. The second kappa shape index (κ2) is 5.25. The first kappa shape index (κ1) is 17.4. The van der Waals surface area contributed by atoms with Gasteiger partial charge in [-0.1, -0.05) is 12.1 Å². The highest BCUT2D eigenvalue weighted by Gasteiger charge is 2.63. The lowest BCUT2D eigenvalue weighted by Gasteiger charge is -2.62. The monoisotopic (exact) mass is 406 g/mol. The Hall–Kier alpha value is -0.0200. The fourth-order valence-corrected chi connectivity index (χ4v) is 9.16. The molecule has 1 aromatic carbocycles. The Labute approximate surface area is 153 Å². The van der Waals surface area contributed by atoms with E-state index in [2.05, 4.69) is 0 Å². The Bertz CT molecular complexity index is 814. The lowest BCUT2D eigenvalue weighted by molar-refractivity contribution is 0.00887. The van der Waals surface area contributed by atoms with Crippen LogP contribution in [0.4, 0.5) is 0 Å². The molecule has 4 saturated carbocycles. The minimum absolute atomic E-state index is 0.0560. The zero-order valence-electron chi connectivity index (χ0n) is 13.5. The van der Waals surface area contributed by atoms with Crippen molar-refractivity contribution in [2.45, 2.75) is 54.0 Å². The Morgan fingerprint density at radius 1 is 1.04 bits per heavy atom. The van der Waals surface area contributed by atoms with Crippen molar-refractivity contribution >= 4 is 38.2 Å². The third-order valence-corrected chi connectivity index (χ3v) is 11.4. The van der Waals surface area contributed by atoms with Gasteiger partial charge < -0.3 is 0 Å². The first-order valence-corrected chi connectivity index (χ1v) is 13.7. The van der Waals surface area contributed by atoms with Crippen LogP contribution in [0.5, 0.6) is 0 Å². The van der Waals surface area contributed by atoms with Crippen LogP contribution in [-0.2, 0) is 19.8 Å².